The van der Waals surface area contributed by atoms with Crippen molar-refractivity contribution in [3.05, 3.63) is 46.2 Å². The Hall–Kier alpha value is -1.46. The number of thiazole rings is 1. The van der Waals surface area contributed by atoms with Gasteiger partial charge in [-0.3, -0.25) is 4.98 Å². The van der Waals surface area contributed by atoms with Gasteiger partial charge in [0.1, 0.15) is 11.6 Å². The molecule has 1 aromatic heterocycles. The van der Waals surface area contributed by atoms with E-state index in [1.165, 1.54) is 24.5 Å². The fourth-order valence-electron chi connectivity index (χ4n) is 1.55. The molecule has 0 saturated heterocycles. The molecule has 0 aliphatic heterocycles. The van der Waals surface area contributed by atoms with Gasteiger partial charge in [0.2, 0.25) is 0 Å². The van der Waals surface area contributed by atoms with Crippen LogP contribution in [0.25, 0.3) is 0 Å². The van der Waals surface area contributed by atoms with Gasteiger partial charge in [-0.2, -0.15) is 0 Å². The maximum Gasteiger partial charge on any atom is 0.132 e. The highest BCUT2D eigenvalue weighted by molar-refractivity contribution is 7.09. The highest BCUT2D eigenvalue weighted by Crippen LogP contribution is 2.25. The van der Waals surface area contributed by atoms with Crippen molar-refractivity contribution in [3.63, 3.8) is 0 Å². The lowest BCUT2D eigenvalue weighted by Crippen LogP contribution is -2.03. The Morgan fingerprint density at radius 3 is 2.94 bits per heavy atom. The summed E-state index contributed by atoms with van der Waals surface area (Å²) < 4.78 is 18.6. The van der Waals surface area contributed by atoms with Crippen molar-refractivity contribution in [2.24, 2.45) is 0 Å². The predicted molar refractivity (Wildman–Crippen MR) is 63.7 cm³/mol. The molecule has 2 aromatic rings. The number of rotatable bonds is 4. The van der Waals surface area contributed by atoms with Gasteiger partial charge in [0.15, 0.2) is 0 Å². The summed E-state index contributed by atoms with van der Waals surface area (Å²) in [6, 6.07) is 4.44. The fraction of sp³-hybridized carbons (Fsp3) is 0.250. The lowest BCUT2D eigenvalue weighted by Gasteiger charge is -2.11. The molecule has 0 bridgehead atoms. The second-order valence-corrected chi connectivity index (χ2v) is 4.55. The summed E-state index contributed by atoms with van der Waals surface area (Å²) in [5, 5.41) is 9.93. The van der Waals surface area contributed by atoms with Crippen molar-refractivity contribution in [1.29, 1.82) is 0 Å². The lowest BCUT2D eigenvalue weighted by atomic mass is 10.1. The zero-order valence-electron chi connectivity index (χ0n) is 9.26. The van der Waals surface area contributed by atoms with Crippen LogP contribution in [0.1, 0.15) is 16.5 Å². The van der Waals surface area contributed by atoms with E-state index < -0.39 is 11.9 Å². The summed E-state index contributed by atoms with van der Waals surface area (Å²) in [5.41, 5.74) is 1.96. The van der Waals surface area contributed by atoms with Gasteiger partial charge in [-0.1, -0.05) is 0 Å². The fourth-order valence-corrected chi connectivity index (χ4v) is 2.18. The zero-order chi connectivity index (χ0) is 12.3. The Morgan fingerprint density at radius 2 is 2.35 bits per heavy atom. The number of benzene rings is 1. The monoisotopic (exact) mass is 253 g/mol. The van der Waals surface area contributed by atoms with Crippen LogP contribution in [0.4, 0.5) is 4.39 Å². The van der Waals surface area contributed by atoms with E-state index in [-0.39, 0.29) is 5.56 Å². The van der Waals surface area contributed by atoms with Crippen molar-refractivity contribution >= 4 is 11.3 Å². The van der Waals surface area contributed by atoms with Crippen molar-refractivity contribution in [2.75, 3.05) is 7.11 Å². The van der Waals surface area contributed by atoms with Gasteiger partial charge < -0.3 is 9.84 Å². The lowest BCUT2D eigenvalue weighted by molar-refractivity contribution is 0.174. The molecule has 2 rings (SSSR count). The van der Waals surface area contributed by atoms with Crippen LogP contribution >= 0.6 is 11.3 Å². The van der Waals surface area contributed by atoms with Crippen LogP contribution < -0.4 is 4.74 Å². The molecule has 0 saturated carbocycles. The van der Waals surface area contributed by atoms with E-state index in [1.54, 1.807) is 23.8 Å². The smallest absolute Gasteiger partial charge is 0.132 e. The molecule has 1 unspecified atom stereocenters. The highest BCUT2D eigenvalue weighted by Gasteiger charge is 2.14. The molecule has 0 aliphatic carbocycles. The Bertz CT molecular complexity index is 487. The number of aromatic nitrogens is 1. The molecule has 0 spiro atoms. The van der Waals surface area contributed by atoms with Gasteiger partial charge in [-0.05, 0) is 12.1 Å². The molecule has 0 amide bonds. The summed E-state index contributed by atoms with van der Waals surface area (Å²) in [7, 11) is 1.47. The molecule has 0 radical (unpaired) electrons. The van der Waals surface area contributed by atoms with Gasteiger partial charge in [0.25, 0.3) is 0 Å². The van der Waals surface area contributed by atoms with Gasteiger partial charge in [-0.15, -0.1) is 11.3 Å². The van der Waals surface area contributed by atoms with Gasteiger partial charge in [0.05, 0.1) is 18.7 Å². The van der Waals surface area contributed by atoms with E-state index in [9.17, 15) is 9.50 Å². The Labute approximate surface area is 103 Å². The third-order valence-corrected chi connectivity index (χ3v) is 3.25. The number of ether oxygens (including phenoxy) is 1. The third kappa shape index (κ3) is 2.81. The van der Waals surface area contributed by atoms with E-state index in [0.29, 0.717) is 12.2 Å². The standard InChI is InChI=1S/C12H12FNO2S/c1-16-8-2-3-10(11(13)4-8)12(15)5-9-6-14-7-17-9/h2-4,6-7,12,15H,5H2,1H3. The van der Waals surface area contributed by atoms with Crippen LogP contribution in [0.3, 0.4) is 0 Å². The predicted octanol–water partition coefficient (Wildman–Crippen LogP) is 2.57. The number of aliphatic hydroxyl groups excluding tert-OH is 1. The molecule has 0 fully saturated rings. The van der Waals surface area contributed by atoms with Crippen molar-refractivity contribution < 1.29 is 14.2 Å². The topological polar surface area (TPSA) is 42.4 Å². The number of nitrogens with zero attached hydrogens (tertiary/aromatic N) is 1. The molecular weight excluding hydrogens is 241 g/mol. The molecule has 90 valence electrons. The largest absolute Gasteiger partial charge is 0.497 e. The molecule has 3 nitrogen and oxygen atoms in total. The molecule has 17 heavy (non-hydrogen) atoms. The Kier molecular flexibility index (Phi) is 3.71. The first-order valence-corrected chi connectivity index (χ1v) is 5.97. The van der Waals surface area contributed by atoms with Crippen molar-refractivity contribution in [1.82, 2.24) is 4.98 Å². The summed E-state index contributed by atoms with van der Waals surface area (Å²) >= 11 is 1.44. The SMILES string of the molecule is COc1ccc(C(O)Cc2cncs2)c(F)c1. The van der Waals surface area contributed by atoms with Gasteiger partial charge in [0, 0.05) is 29.1 Å². The van der Waals surface area contributed by atoms with E-state index in [2.05, 4.69) is 4.98 Å². The zero-order valence-corrected chi connectivity index (χ0v) is 10.1. The molecule has 0 aliphatic rings. The Morgan fingerprint density at radius 1 is 1.53 bits per heavy atom. The van der Waals surface area contributed by atoms with Crippen molar-refractivity contribution in [3.8, 4) is 5.75 Å². The number of aliphatic hydroxyl groups is 1. The minimum atomic E-state index is -0.860. The Balaban J connectivity index is 2.16. The average molecular weight is 253 g/mol. The minimum Gasteiger partial charge on any atom is -0.497 e. The van der Waals surface area contributed by atoms with Crippen LogP contribution in [-0.2, 0) is 6.42 Å². The van der Waals surface area contributed by atoms with Crippen LogP contribution in [0.15, 0.2) is 29.9 Å². The first kappa shape index (κ1) is 12.0. The van der Waals surface area contributed by atoms with E-state index in [0.717, 1.165) is 4.88 Å². The second kappa shape index (κ2) is 5.25. The molecule has 1 aromatic carbocycles. The first-order valence-electron chi connectivity index (χ1n) is 5.09. The first-order chi connectivity index (χ1) is 8.20. The summed E-state index contributed by atoms with van der Waals surface area (Å²) in [6.07, 6.45) is 1.19. The quantitative estimate of drug-likeness (QED) is 0.910. The van der Waals surface area contributed by atoms with Crippen LogP contribution in [0.2, 0.25) is 0 Å². The minimum absolute atomic E-state index is 0.277. The third-order valence-electron chi connectivity index (χ3n) is 2.44. The van der Waals surface area contributed by atoms with Crippen LogP contribution in [-0.4, -0.2) is 17.2 Å². The maximum absolute atomic E-state index is 13.7. The maximum atomic E-state index is 13.7. The van der Waals surface area contributed by atoms with Crippen LogP contribution in [0.5, 0.6) is 5.75 Å². The van der Waals surface area contributed by atoms with E-state index >= 15 is 0 Å². The second-order valence-electron chi connectivity index (χ2n) is 3.58. The highest BCUT2D eigenvalue weighted by atomic mass is 32.1. The number of halogens is 1. The number of hydrogen-bond donors (Lipinski definition) is 1. The summed E-state index contributed by atoms with van der Waals surface area (Å²) in [6.45, 7) is 0. The molecule has 5 heteroatoms. The van der Waals surface area contributed by atoms with Crippen molar-refractivity contribution in [2.45, 2.75) is 12.5 Å². The normalized spacial score (nSPS) is 12.4. The van der Waals surface area contributed by atoms with Crippen LogP contribution in [0, 0.1) is 5.82 Å². The molecular formula is C12H12FNO2S. The summed E-state index contributed by atoms with van der Waals surface area (Å²) in [4.78, 5) is 4.84. The summed E-state index contributed by atoms with van der Waals surface area (Å²) in [5.74, 6) is -0.0161. The van der Waals surface area contributed by atoms with Gasteiger partial charge in [-0.25, -0.2) is 4.39 Å². The number of hydrogen-bond acceptors (Lipinski definition) is 4. The molecule has 1 N–H and O–H groups in total. The average Bonchev–Trinajstić information content (AvgIpc) is 2.81. The number of methoxy groups -OCH3 is 1. The van der Waals surface area contributed by atoms with E-state index in [4.69, 9.17) is 4.74 Å². The van der Waals surface area contributed by atoms with E-state index in [1.807, 2.05) is 0 Å². The van der Waals surface area contributed by atoms with Gasteiger partial charge >= 0.3 is 0 Å². The molecule has 1 heterocycles. The molecule has 1 atom stereocenters.